The molecule has 0 spiro atoms. The zero-order valence-electron chi connectivity index (χ0n) is 7.58. The fraction of sp³-hybridized carbons (Fsp3) is 0.500. The Kier molecular flexibility index (Phi) is 3.31. The highest BCUT2D eigenvalue weighted by Crippen LogP contribution is 2.20. The summed E-state index contributed by atoms with van der Waals surface area (Å²) in [6.45, 7) is 0. The third kappa shape index (κ3) is 3.59. The van der Waals surface area contributed by atoms with Crippen molar-refractivity contribution >= 4 is 0 Å². The predicted molar refractivity (Wildman–Crippen MR) is 44.4 cm³/mol. The summed E-state index contributed by atoms with van der Waals surface area (Å²) in [5.41, 5.74) is 5.46. The lowest BCUT2D eigenvalue weighted by Gasteiger charge is -2.00. The molecular formula is C8H8F3N3O. The van der Waals surface area contributed by atoms with Gasteiger partial charge in [-0.15, -0.1) is 12.3 Å². The number of rotatable bonds is 3. The van der Waals surface area contributed by atoms with E-state index in [0.717, 1.165) is 0 Å². The maximum atomic E-state index is 11.9. The number of nitrogens with two attached hydrogens (primary N) is 1. The van der Waals surface area contributed by atoms with Crippen LogP contribution >= 0.6 is 0 Å². The van der Waals surface area contributed by atoms with E-state index in [1.165, 1.54) is 0 Å². The van der Waals surface area contributed by atoms with Gasteiger partial charge in [0.25, 0.3) is 0 Å². The maximum absolute atomic E-state index is 11.9. The van der Waals surface area contributed by atoms with Gasteiger partial charge in [0, 0.05) is 6.42 Å². The third-order valence-electron chi connectivity index (χ3n) is 1.50. The van der Waals surface area contributed by atoms with Crippen molar-refractivity contribution in [1.29, 1.82) is 0 Å². The number of terminal acetylenes is 1. The lowest BCUT2D eigenvalue weighted by atomic mass is 10.2. The van der Waals surface area contributed by atoms with Gasteiger partial charge in [-0.2, -0.15) is 18.2 Å². The van der Waals surface area contributed by atoms with Crippen molar-refractivity contribution in [3.8, 4) is 12.3 Å². The van der Waals surface area contributed by atoms with Crippen molar-refractivity contribution in [2.24, 2.45) is 5.73 Å². The lowest BCUT2D eigenvalue weighted by Crippen LogP contribution is -2.13. The van der Waals surface area contributed by atoms with Crippen LogP contribution in [-0.4, -0.2) is 16.3 Å². The van der Waals surface area contributed by atoms with Crippen molar-refractivity contribution in [3.05, 3.63) is 11.7 Å². The van der Waals surface area contributed by atoms with Crippen LogP contribution in [0.3, 0.4) is 0 Å². The number of aromatic nitrogens is 2. The molecule has 0 aromatic carbocycles. The van der Waals surface area contributed by atoms with Gasteiger partial charge in [-0.3, -0.25) is 0 Å². The first-order valence-electron chi connectivity index (χ1n) is 4.00. The molecule has 2 N–H and O–H groups in total. The second-order valence-corrected chi connectivity index (χ2v) is 2.86. The van der Waals surface area contributed by atoms with E-state index in [1.807, 2.05) is 0 Å². The molecule has 1 heterocycles. The molecule has 0 bridgehead atoms. The van der Waals surface area contributed by atoms with E-state index in [2.05, 4.69) is 20.6 Å². The van der Waals surface area contributed by atoms with Crippen LogP contribution < -0.4 is 5.73 Å². The highest BCUT2D eigenvalue weighted by molar-refractivity contribution is 4.98. The molecular weight excluding hydrogens is 211 g/mol. The summed E-state index contributed by atoms with van der Waals surface area (Å²) in [6, 6.07) is -0.718. The van der Waals surface area contributed by atoms with Gasteiger partial charge in [-0.05, 0) is 0 Å². The number of hydrogen-bond acceptors (Lipinski definition) is 4. The molecule has 1 aromatic rings. The van der Waals surface area contributed by atoms with Crippen LogP contribution in [-0.2, 0) is 6.42 Å². The first-order chi connectivity index (χ1) is 6.92. The van der Waals surface area contributed by atoms with Crippen molar-refractivity contribution in [3.63, 3.8) is 0 Å². The molecule has 0 saturated carbocycles. The standard InChI is InChI=1S/C8H8F3N3O/c1-2-3-5(12)7-13-6(14-15-7)4-8(9,10)11/h1,5H,3-4,12H2. The van der Waals surface area contributed by atoms with Gasteiger partial charge in [0.15, 0.2) is 5.82 Å². The fourth-order valence-corrected chi connectivity index (χ4v) is 0.883. The summed E-state index contributed by atoms with van der Waals surface area (Å²) in [5.74, 6) is 1.73. The molecule has 1 aromatic heterocycles. The van der Waals surface area contributed by atoms with Crippen LogP contribution in [0.2, 0.25) is 0 Å². The number of alkyl halides is 3. The Morgan fingerprint density at radius 1 is 1.53 bits per heavy atom. The van der Waals surface area contributed by atoms with E-state index in [0.29, 0.717) is 0 Å². The number of nitrogens with zero attached hydrogens (tertiary/aromatic N) is 2. The minimum Gasteiger partial charge on any atom is -0.338 e. The molecule has 0 saturated heterocycles. The molecule has 15 heavy (non-hydrogen) atoms. The summed E-state index contributed by atoms with van der Waals surface area (Å²) in [5, 5.41) is 3.15. The highest BCUT2D eigenvalue weighted by atomic mass is 19.4. The van der Waals surface area contributed by atoms with Crippen molar-refractivity contribution in [2.75, 3.05) is 0 Å². The largest absolute Gasteiger partial charge is 0.396 e. The summed E-state index contributed by atoms with van der Waals surface area (Å²) < 4.78 is 40.3. The van der Waals surface area contributed by atoms with E-state index in [-0.39, 0.29) is 12.3 Å². The molecule has 0 aliphatic carbocycles. The van der Waals surface area contributed by atoms with Crippen LogP contribution in [0.4, 0.5) is 13.2 Å². The van der Waals surface area contributed by atoms with E-state index < -0.39 is 24.5 Å². The van der Waals surface area contributed by atoms with Gasteiger partial charge < -0.3 is 10.3 Å². The molecule has 1 unspecified atom stereocenters. The van der Waals surface area contributed by atoms with Crippen LogP contribution in [0, 0.1) is 12.3 Å². The SMILES string of the molecule is C#CCC(N)c1nc(CC(F)(F)F)no1. The first kappa shape index (κ1) is 11.5. The molecule has 82 valence electrons. The molecule has 0 aliphatic rings. The Morgan fingerprint density at radius 3 is 2.73 bits per heavy atom. The van der Waals surface area contributed by atoms with Crippen LogP contribution in [0.5, 0.6) is 0 Å². The van der Waals surface area contributed by atoms with E-state index >= 15 is 0 Å². The topological polar surface area (TPSA) is 64.9 Å². The van der Waals surface area contributed by atoms with E-state index in [4.69, 9.17) is 12.2 Å². The predicted octanol–water partition coefficient (Wildman–Crippen LogP) is 1.20. The first-order valence-corrected chi connectivity index (χ1v) is 4.00. The van der Waals surface area contributed by atoms with Gasteiger partial charge in [0.2, 0.25) is 5.89 Å². The average molecular weight is 219 g/mol. The molecule has 4 nitrogen and oxygen atoms in total. The smallest absolute Gasteiger partial charge is 0.338 e. The normalized spacial score (nSPS) is 13.5. The Labute approximate surface area is 83.6 Å². The van der Waals surface area contributed by atoms with Gasteiger partial charge in [0.05, 0.1) is 6.04 Å². The minimum absolute atomic E-state index is 0.0767. The number of hydrogen-bond donors (Lipinski definition) is 1. The zero-order chi connectivity index (χ0) is 11.5. The average Bonchev–Trinajstić information content (AvgIpc) is 2.50. The van der Waals surface area contributed by atoms with Crippen molar-refractivity contribution in [2.45, 2.75) is 25.1 Å². The summed E-state index contributed by atoms with van der Waals surface area (Å²) in [7, 11) is 0. The molecule has 0 radical (unpaired) electrons. The van der Waals surface area contributed by atoms with E-state index in [1.54, 1.807) is 0 Å². The molecule has 0 amide bonds. The van der Waals surface area contributed by atoms with Gasteiger partial charge >= 0.3 is 6.18 Å². The highest BCUT2D eigenvalue weighted by Gasteiger charge is 2.31. The summed E-state index contributed by atoms with van der Waals surface area (Å²) in [4.78, 5) is 3.50. The second-order valence-electron chi connectivity index (χ2n) is 2.86. The Bertz CT molecular complexity index is 366. The molecule has 1 rings (SSSR count). The summed E-state index contributed by atoms with van der Waals surface area (Å²) in [6.07, 6.45) is -0.492. The molecule has 0 aliphatic heterocycles. The molecule has 0 fully saturated rings. The van der Waals surface area contributed by atoms with Crippen molar-refractivity contribution < 1.29 is 17.7 Å². The van der Waals surface area contributed by atoms with Crippen LogP contribution in [0.15, 0.2) is 4.52 Å². The zero-order valence-corrected chi connectivity index (χ0v) is 7.58. The van der Waals surface area contributed by atoms with Crippen LogP contribution in [0.25, 0.3) is 0 Å². The number of halogens is 3. The third-order valence-corrected chi connectivity index (χ3v) is 1.50. The van der Waals surface area contributed by atoms with E-state index in [9.17, 15) is 13.2 Å². The Hall–Kier alpha value is -1.55. The van der Waals surface area contributed by atoms with Gasteiger partial charge in [-0.25, -0.2) is 0 Å². The Balaban J connectivity index is 2.69. The summed E-state index contributed by atoms with van der Waals surface area (Å²) >= 11 is 0. The molecule has 1 atom stereocenters. The molecule has 7 heteroatoms. The lowest BCUT2D eigenvalue weighted by molar-refractivity contribution is -0.128. The second kappa shape index (κ2) is 4.31. The van der Waals surface area contributed by atoms with Crippen molar-refractivity contribution in [1.82, 2.24) is 10.1 Å². The maximum Gasteiger partial charge on any atom is 0.396 e. The van der Waals surface area contributed by atoms with Crippen LogP contribution in [0.1, 0.15) is 24.2 Å². The van der Waals surface area contributed by atoms with Gasteiger partial charge in [0.1, 0.15) is 6.42 Å². The van der Waals surface area contributed by atoms with Gasteiger partial charge in [-0.1, -0.05) is 5.16 Å². The monoisotopic (exact) mass is 219 g/mol. The minimum atomic E-state index is -4.36. The fourth-order valence-electron chi connectivity index (χ4n) is 0.883. The quantitative estimate of drug-likeness (QED) is 0.775. The Morgan fingerprint density at radius 2 is 2.20 bits per heavy atom.